The number of hydrogen-bond acceptors (Lipinski definition) is 3. The van der Waals surface area contributed by atoms with Gasteiger partial charge in [0.1, 0.15) is 5.82 Å². The lowest BCUT2D eigenvalue weighted by atomic mass is 10.0. The maximum absolute atomic E-state index is 5.79. The van der Waals surface area contributed by atoms with Gasteiger partial charge in [0, 0.05) is 29.9 Å². The summed E-state index contributed by atoms with van der Waals surface area (Å²) >= 11 is 0. The predicted molar refractivity (Wildman–Crippen MR) is 72.2 cm³/mol. The first-order chi connectivity index (χ1) is 8.73. The highest BCUT2D eigenvalue weighted by atomic mass is 14.9. The van der Waals surface area contributed by atoms with Crippen LogP contribution in [0.15, 0.2) is 36.7 Å². The second-order valence-electron chi connectivity index (χ2n) is 5.15. The van der Waals surface area contributed by atoms with Gasteiger partial charge in [-0.05, 0) is 25.3 Å². The molecule has 2 N–H and O–H groups in total. The molecule has 0 spiro atoms. The monoisotopic (exact) mass is 239 g/mol. The second-order valence-corrected chi connectivity index (χ2v) is 5.15. The maximum Gasteiger partial charge on any atom is 0.135 e. The number of aryl methyl sites for hydroxylation is 1. The molecule has 0 saturated heterocycles. The summed E-state index contributed by atoms with van der Waals surface area (Å²) in [6, 6.07) is 8.38. The van der Waals surface area contributed by atoms with Gasteiger partial charge in [-0.25, -0.2) is 9.97 Å². The van der Waals surface area contributed by atoms with Crippen molar-refractivity contribution >= 4 is 0 Å². The second kappa shape index (κ2) is 4.18. The van der Waals surface area contributed by atoms with Crippen molar-refractivity contribution < 1.29 is 0 Å². The van der Waals surface area contributed by atoms with Gasteiger partial charge in [-0.15, -0.1) is 0 Å². The van der Waals surface area contributed by atoms with Crippen LogP contribution in [0.4, 0.5) is 0 Å². The fourth-order valence-electron chi connectivity index (χ4n) is 2.25. The zero-order valence-corrected chi connectivity index (χ0v) is 10.6. The Morgan fingerprint density at radius 2 is 1.89 bits per heavy atom. The lowest BCUT2D eigenvalue weighted by Gasteiger charge is -2.10. The van der Waals surface area contributed by atoms with Crippen LogP contribution in [0.1, 0.15) is 24.2 Å². The Kier molecular flexibility index (Phi) is 2.63. The number of aromatic nitrogens is 2. The molecular weight excluding hydrogens is 222 g/mol. The first-order valence-corrected chi connectivity index (χ1v) is 6.33. The van der Waals surface area contributed by atoms with Crippen LogP contribution in [0.25, 0.3) is 11.1 Å². The third-order valence-electron chi connectivity index (χ3n) is 3.72. The van der Waals surface area contributed by atoms with E-state index in [-0.39, 0.29) is 5.41 Å². The molecule has 3 rings (SSSR count). The molecule has 0 radical (unpaired) electrons. The topological polar surface area (TPSA) is 51.8 Å². The minimum absolute atomic E-state index is 0.0745. The molecule has 1 aromatic heterocycles. The van der Waals surface area contributed by atoms with Crippen LogP contribution < -0.4 is 5.73 Å². The average molecular weight is 239 g/mol. The summed E-state index contributed by atoms with van der Waals surface area (Å²) in [6.07, 6.45) is 6.06. The van der Waals surface area contributed by atoms with E-state index in [9.17, 15) is 0 Å². The molecule has 18 heavy (non-hydrogen) atoms. The summed E-state index contributed by atoms with van der Waals surface area (Å²) < 4.78 is 0. The van der Waals surface area contributed by atoms with E-state index in [1.165, 1.54) is 11.1 Å². The lowest BCUT2D eigenvalue weighted by Crippen LogP contribution is -2.22. The molecule has 0 aliphatic heterocycles. The Balaban J connectivity index is 1.92. The van der Waals surface area contributed by atoms with Crippen LogP contribution in [0.2, 0.25) is 0 Å². The van der Waals surface area contributed by atoms with Gasteiger partial charge in [0.05, 0.1) is 0 Å². The van der Waals surface area contributed by atoms with E-state index in [2.05, 4.69) is 41.2 Å². The Bertz CT molecular complexity index is 556. The summed E-state index contributed by atoms with van der Waals surface area (Å²) in [7, 11) is 0. The fraction of sp³-hybridized carbons (Fsp3) is 0.333. The Morgan fingerprint density at radius 1 is 1.17 bits per heavy atom. The van der Waals surface area contributed by atoms with Crippen molar-refractivity contribution in [3.05, 3.63) is 48.0 Å². The van der Waals surface area contributed by atoms with E-state index in [1.54, 1.807) is 0 Å². The average Bonchev–Trinajstić information content (AvgIpc) is 3.20. The van der Waals surface area contributed by atoms with E-state index in [4.69, 9.17) is 5.73 Å². The molecule has 1 saturated carbocycles. The van der Waals surface area contributed by atoms with Crippen LogP contribution in [0.5, 0.6) is 0 Å². The van der Waals surface area contributed by atoms with Gasteiger partial charge < -0.3 is 5.73 Å². The van der Waals surface area contributed by atoms with Crippen molar-refractivity contribution in [1.29, 1.82) is 0 Å². The Morgan fingerprint density at radius 3 is 2.44 bits per heavy atom. The molecule has 0 unspecified atom stereocenters. The summed E-state index contributed by atoms with van der Waals surface area (Å²) in [5.74, 6) is 0.904. The molecule has 1 aromatic carbocycles. The van der Waals surface area contributed by atoms with Gasteiger partial charge >= 0.3 is 0 Å². The molecule has 0 bridgehead atoms. The van der Waals surface area contributed by atoms with Crippen molar-refractivity contribution in [2.45, 2.75) is 25.2 Å². The third kappa shape index (κ3) is 1.91. The zero-order valence-electron chi connectivity index (χ0n) is 10.6. The minimum atomic E-state index is 0.0745. The summed E-state index contributed by atoms with van der Waals surface area (Å²) in [5.41, 5.74) is 9.34. The first-order valence-electron chi connectivity index (χ1n) is 6.33. The van der Waals surface area contributed by atoms with Gasteiger partial charge in [-0.3, -0.25) is 0 Å². The van der Waals surface area contributed by atoms with Crippen LogP contribution in [-0.4, -0.2) is 16.5 Å². The highest BCUT2D eigenvalue weighted by Crippen LogP contribution is 2.45. The molecule has 0 atom stereocenters. The number of benzene rings is 1. The van der Waals surface area contributed by atoms with Gasteiger partial charge in [0.25, 0.3) is 0 Å². The van der Waals surface area contributed by atoms with Gasteiger partial charge in [-0.1, -0.05) is 29.8 Å². The molecule has 92 valence electrons. The summed E-state index contributed by atoms with van der Waals surface area (Å²) in [6.45, 7) is 2.74. The fourth-order valence-corrected chi connectivity index (χ4v) is 2.25. The largest absolute Gasteiger partial charge is 0.329 e. The minimum Gasteiger partial charge on any atom is -0.329 e. The molecule has 1 heterocycles. The van der Waals surface area contributed by atoms with E-state index in [0.29, 0.717) is 6.54 Å². The quantitative estimate of drug-likeness (QED) is 0.895. The number of nitrogens with zero attached hydrogens (tertiary/aromatic N) is 2. The normalized spacial score (nSPS) is 16.6. The van der Waals surface area contributed by atoms with Crippen molar-refractivity contribution in [3.8, 4) is 11.1 Å². The summed E-state index contributed by atoms with van der Waals surface area (Å²) in [5, 5.41) is 0. The standard InChI is InChI=1S/C15H17N3/c1-11-3-2-4-12(7-11)13-8-17-14(18-9-13)15(10-16)5-6-15/h2-4,7-9H,5-6,10,16H2,1H3. The van der Waals surface area contributed by atoms with E-state index in [1.807, 2.05) is 12.4 Å². The first kappa shape index (κ1) is 11.4. The molecule has 1 aliphatic rings. The maximum atomic E-state index is 5.79. The summed E-state index contributed by atoms with van der Waals surface area (Å²) in [4.78, 5) is 9.00. The van der Waals surface area contributed by atoms with Crippen molar-refractivity contribution in [2.75, 3.05) is 6.54 Å². The predicted octanol–water partition coefficient (Wildman–Crippen LogP) is 2.44. The molecule has 3 nitrogen and oxygen atoms in total. The highest BCUT2D eigenvalue weighted by molar-refractivity contribution is 5.62. The Hall–Kier alpha value is -1.74. The number of hydrogen-bond donors (Lipinski definition) is 1. The molecule has 0 amide bonds. The van der Waals surface area contributed by atoms with E-state index < -0.39 is 0 Å². The highest BCUT2D eigenvalue weighted by Gasteiger charge is 2.45. The van der Waals surface area contributed by atoms with Gasteiger partial charge in [0.2, 0.25) is 0 Å². The molecular formula is C15H17N3. The molecule has 3 heteroatoms. The van der Waals surface area contributed by atoms with Crippen LogP contribution >= 0.6 is 0 Å². The molecule has 2 aromatic rings. The Labute approximate surface area is 107 Å². The van der Waals surface area contributed by atoms with Crippen molar-refractivity contribution in [3.63, 3.8) is 0 Å². The van der Waals surface area contributed by atoms with E-state index in [0.717, 1.165) is 24.2 Å². The SMILES string of the molecule is Cc1cccc(-c2cnc(C3(CN)CC3)nc2)c1. The van der Waals surface area contributed by atoms with Crippen molar-refractivity contribution in [1.82, 2.24) is 9.97 Å². The molecule has 1 aliphatic carbocycles. The lowest BCUT2D eigenvalue weighted by molar-refractivity contribution is 0.649. The number of rotatable bonds is 3. The van der Waals surface area contributed by atoms with Gasteiger partial charge in [0.15, 0.2) is 0 Å². The van der Waals surface area contributed by atoms with E-state index >= 15 is 0 Å². The van der Waals surface area contributed by atoms with Crippen LogP contribution in [0, 0.1) is 6.92 Å². The molecule has 1 fully saturated rings. The van der Waals surface area contributed by atoms with Crippen molar-refractivity contribution in [2.24, 2.45) is 5.73 Å². The number of nitrogens with two attached hydrogens (primary N) is 1. The van der Waals surface area contributed by atoms with Crippen LogP contribution in [-0.2, 0) is 5.41 Å². The zero-order chi connectivity index (χ0) is 12.6. The van der Waals surface area contributed by atoms with Crippen LogP contribution in [0.3, 0.4) is 0 Å². The third-order valence-corrected chi connectivity index (χ3v) is 3.72. The van der Waals surface area contributed by atoms with Gasteiger partial charge in [-0.2, -0.15) is 0 Å². The smallest absolute Gasteiger partial charge is 0.135 e.